The van der Waals surface area contributed by atoms with Gasteiger partial charge in [-0.25, -0.2) is 4.98 Å². The van der Waals surface area contributed by atoms with E-state index in [4.69, 9.17) is 5.11 Å². The number of aromatic nitrogens is 2. The van der Waals surface area contributed by atoms with Crippen molar-refractivity contribution in [3.05, 3.63) is 48.5 Å². The molecule has 116 valence electrons. The molecule has 3 rings (SSSR count). The number of hydrogen-bond donors (Lipinski definition) is 1. The van der Waals surface area contributed by atoms with Crippen molar-refractivity contribution in [3.63, 3.8) is 0 Å². The second-order valence-electron chi connectivity index (χ2n) is 5.68. The first kappa shape index (κ1) is 14.8. The SMILES string of the molecule is O=C(c1cccc(-n2ccnc2)c1)N1CCCC1CCCO. The summed E-state index contributed by atoms with van der Waals surface area (Å²) in [6, 6.07) is 7.90. The van der Waals surface area contributed by atoms with Gasteiger partial charge >= 0.3 is 0 Å². The molecular formula is C17H21N3O2. The zero-order chi connectivity index (χ0) is 15.4. The van der Waals surface area contributed by atoms with Gasteiger partial charge in [0.15, 0.2) is 0 Å². The highest BCUT2D eigenvalue weighted by atomic mass is 16.3. The van der Waals surface area contributed by atoms with Crippen molar-refractivity contribution >= 4 is 5.91 Å². The zero-order valence-electron chi connectivity index (χ0n) is 12.6. The maximum absolute atomic E-state index is 12.8. The first-order valence-corrected chi connectivity index (χ1v) is 7.80. The quantitative estimate of drug-likeness (QED) is 0.921. The lowest BCUT2D eigenvalue weighted by molar-refractivity contribution is 0.0724. The van der Waals surface area contributed by atoms with Crippen LogP contribution in [0.2, 0.25) is 0 Å². The number of aliphatic hydroxyl groups excluding tert-OH is 1. The number of carbonyl (C=O) groups excluding carboxylic acids is 1. The molecule has 1 saturated heterocycles. The minimum absolute atomic E-state index is 0.0856. The molecular weight excluding hydrogens is 278 g/mol. The van der Waals surface area contributed by atoms with Crippen LogP contribution in [0.4, 0.5) is 0 Å². The number of aliphatic hydroxyl groups is 1. The van der Waals surface area contributed by atoms with Gasteiger partial charge in [0.25, 0.3) is 5.91 Å². The Labute approximate surface area is 130 Å². The van der Waals surface area contributed by atoms with E-state index in [1.54, 1.807) is 12.5 Å². The first-order valence-electron chi connectivity index (χ1n) is 7.80. The number of amides is 1. The molecule has 0 aliphatic carbocycles. The molecule has 1 amide bonds. The number of carbonyl (C=O) groups is 1. The van der Waals surface area contributed by atoms with Gasteiger partial charge in [0.05, 0.1) is 6.33 Å². The number of benzene rings is 1. The van der Waals surface area contributed by atoms with E-state index in [2.05, 4.69) is 4.98 Å². The molecule has 0 radical (unpaired) electrons. The standard InChI is InChI=1S/C17H21N3O2/c21-11-3-7-15-6-2-9-20(15)17(22)14-4-1-5-16(12-14)19-10-8-18-13-19/h1,4-5,8,10,12-13,15,21H,2-3,6-7,9,11H2. The lowest BCUT2D eigenvalue weighted by Crippen LogP contribution is -2.35. The fraction of sp³-hybridized carbons (Fsp3) is 0.412. The third-order valence-electron chi connectivity index (χ3n) is 4.23. The molecule has 5 heteroatoms. The molecule has 0 saturated carbocycles. The number of imidazole rings is 1. The predicted octanol–water partition coefficient (Wildman–Crippen LogP) is 2.25. The lowest BCUT2D eigenvalue weighted by Gasteiger charge is -2.25. The summed E-state index contributed by atoms with van der Waals surface area (Å²) in [5, 5.41) is 9.00. The van der Waals surface area contributed by atoms with Crippen LogP contribution >= 0.6 is 0 Å². The van der Waals surface area contributed by atoms with Crippen LogP contribution in [0.1, 0.15) is 36.0 Å². The van der Waals surface area contributed by atoms with Crippen molar-refractivity contribution < 1.29 is 9.90 Å². The highest BCUT2D eigenvalue weighted by Crippen LogP contribution is 2.24. The first-order chi connectivity index (χ1) is 10.8. The summed E-state index contributed by atoms with van der Waals surface area (Å²) in [7, 11) is 0. The normalized spacial score (nSPS) is 17.9. The van der Waals surface area contributed by atoms with Crippen molar-refractivity contribution in [1.82, 2.24) is 14.5 Å². The smallest absolute Gasteiger partial charge is 0.254 e. The van der Waals surface area contributed by atoms with Gasteiger partial charge in [-0.05, 0) is 43.9 Å². The molecule has 1 fully saturated rings. The molecule has 1 atom stereocenters. The number of rotatable bonds is 5. The summed E-state index contributed by atoms with van der Waals surface area (Å²) in [4.78, 5) is 18.8. The van der Waals surface area contributed by atoms with Gasteiger partial charge in [0, 0.05) is 42.8 Å². The van der Waals surface area contributed by atoms with Crippen molar-refractivity contribution in [1.29, 1.82) is 0 Å². The van der Waals surface area contributed by atoms with Gasteiger partial charge in [-0.2, -0.15) is 0 Å². The third-order valence-corrected chi connectivity index (χ3v) is 4.23. The molecule has 1 N–H and O–H groups in total. The number of likely N-dealkylation sites (tertiary alicyclic amines) is 1. The number of nitrogens with zero attached hydrogens (tertiary/aromatic N) is 3. The van der Waals surface area contributed by atoms with Crippen LogP contribution in [0.5, 0.6) is 0 Å². The molecule has 1 aromatic carbocycles. The Bertz CT molecular complexity index is 625. The van der Waals surface area contributed by atoms with Gasteiger partial charge in [0.2, 0.25) is 0 Å². The van der Waals surface area contributed by atoms with Crippen LogP contribution in [-0.2, 0) is 0 Å². The Kier molecular flexibility index (Phi) is 4.53. The third kappa shape index (κ3) is 3.04. The summed E-state index contributed by atoms with van der Waals surface area (Å²) < 4.78 is 1.89. The molecule has 1 aliphatic heterocycles. The molecule has 0 bridgehead atoms. The lowest BCUT2D eigenvalue weighted by atomic mass is 10.1. The molecule has 1 aromatic heterocycles. The largest absolute Gasteiger partial charge is 0.396 e. The van der Waals surface area contributed by atoms with Gasteiger partial charge in [-0.1, -0.05) is 6.07 Å². The van der Waals surface area contributed by atoms with Gasteiger partial charge < -0.3 is 14.6 Å². The molecule has 2 heterocycles. The molecule has 1 unspecified atom stereocenters. The number of hydrogen-bond acceptors (Lipinski definition) is 3. The van der Waals surface area contributed by atoms with E-state index in [0.717, 1.165) is 37.9 Å². The van der Waals surface area contributed by atoms with Crippen LogP contribution in [0, 0.1) is 0 Å². The van der Waals surface area contributed by atoms with E-state index in [1.165, 1.54) is 0 Å². The highest BCUT2D eigenvalue weighted by Gasteiger charge is 2.28. The van der Waals surface area contributed by atoms with E-state index in [0.29, 0.717) is 5.56 Å². The average Bonchev–Trinajstić information content (AvgIpc) is 3.23. The minimum Gasteiger partial charge on any atom is -0.396 e. The molecule has 0 spiro atoms. The van der Waals surface area contributed by atoms with Crippen LogP contribution in [-0.4, -0.2) is 44.7 Å². The Morgan fingerprint density at radius 2 is 2.32 bits per heavy atom. The minimum atomic E-state index is 0.0856. The molecule has 1 aliphatic rings. The highest BCUT2D eigenvalue weighted by molar-refractivity contribution is 5.95. The maximum atomic E-state index is 12.8. The van der Waals surface area contributed by atoms with E-state index in [1.807, 2.05) is 39.9 Å². The second kappa shape index (κ2) is 6.75. The van der Waals surface area contributed by atoms with Gasteiger partial charge in [-0.15, -0.1) is 0 Å². The van der Waals surface area contributed by atoms with E-state index in [-0.39, 0.29) is 18.6 Å². The van der Waals surface area contributed by atoms with Crippen LogP contribution in [0.25, 0.3) is 5.69 Å². The van der Waals surface area contributed by atoms with Crippen LogP contribution in [0.15, 0.2) is 43.0 Å². The Morgan fingerprint density at radius 3 is 3.09 bits per heavy atom. The topological polar surface area (TPSA) is 58.4 Å². The fourth-order valence-electron chi connectivity index (χ4n) is 3.11. The van der Waals surface area contributed by atoms with Crippen LogP contribution in [0.3, 0.4) is 0 Å². The average molecular weight is 299 g/mol. The monoisotopic (exact) mass is 299 g/mol. The predicted molar refractivity (Wildman–Crippen MR) is 83.9 cm³/mol. The summed E-state index contributed by atoms with van der Waals surface area (Å²) in [5.74, 6) is 0.0856. The van der Waals surface area contributed by atoms with Crippen molar-refractivity contribution in [2.75, 3.05) is 13.2 Å². The summed E-state index contributed by atoms with van der Waals surface area (Å²) >= 11 is 0. The molecule has 2 aromatic rings. The van der Waals surface area contributed by atoms with E-state index in [9.17, 15) is 4.79 Å². The Hall–Kier alpha value is -2.14. The van der Waals surface area contributed by atoms with Gasteiger partial charge in [-0.3, -0.25) is 4.79 Å². The molecule has 22 heavy (non-hydrogen) atoms. The maximum Gasteiger partial charge on any atom is 0.254 e. The van der Waals surface area contributed by atoms with Gasteiger partial charge in [0.1, 0.15) is 0 Å². The Balaban J connectivity index is 1.78. The van der Waals surface area contributed by atoms with E-state index < -0.39 is 0 Å². The molecule has 5 nitrogen and oxygen atoms in total. The zero-order valence-corrected chi connectivity index (χ0v) is 12.6. The van der Waals surface area contributed by atoms with E-state index >= 15 is 0 Å². The summed E-state index contributed by atoms with van der Waals surface area (Å²) in [5.41, 5.74) is 1.65. The van der Waals surface area contributed by atoms with Crippen LogP contribution < -0.4 is 0 Å². The second-order valence-corrected chi connectivity index (χ2v) is 5.68. The summed E-state index contributed by atoms with van der Waals surface area (Å²) in [6.07, 6.45) is 9.02. The van der Waals surface area contributed by atoms with Crippen molar-refractivity contribution in [3.8, 4) is 5.69 Å². The summed E-state index contributed by atoms with van der Waals surface area (Å²) in [6.45, 7) is 0.999. The Morgan fingerprint density at radius 1 is 1.41 bits per heavy atom. The fourth-order valence-corrected chi connectivity index (χ4v) is 3.11. The van der Waals surface area contributed by atoms with Crippen molar-refractivity contribution in [2.24, 2.45) is 0 Å². The van der Waals surface area contributed by atoms with Crippen molar-refractivity contribution in [2.45, 2.75) is 31.7 Å².